The van der Waals surface area contributed by atoms with E-state index in [1.807, 2.05) is 59.0 Å². The van der Waals surface area contributed by atoms with Gasteiger partial charge in [-0.3, -0.25) is 19.2 Å². The maximum atomic E-state index is 12.7. The molecule has 0 spiro atoms. The molecule has 2 rings (SSSR count). The summed E-state index contributed by atoms with van der Waals surface area (Å²) in [6, 6.07) is 9.48. The van der Waals surface area contributed by atoms with Crippen molar-refractivity contribution in [1.29, 1.82) is 0 Å². The molecule has 10 nitrogen and oxygen atoms in total. The van der Waals surface area contributed by atoms with Gasteiger partial charge in [0.25, 0.3) is 5.69 Å². The molecule has 0 aliphatic rings. The van der Waals surface area contributed by atoms with Crippen LogP contribution in [0.4, 0.5) is 0 Å². The van der Waals surface area contributed by atoms with Gasteiger partial charge in [-0.25, -0.2) is 4.57 Å². The van der Waals surface area contributed by atoms with E-state index < -0.39 is 6.10 Å². The molecule has 578 valence electrons. The molecule has 0 amide bonds. The summed E-state index contributed by atoms with van der Waals surface area (Å²) >= 11 is 0. The van der Waals surface area contributed by atoms with E-state index in [0.717, 1.165) is 103 Å². The summed E-state index contributed by atoms with van der Waals surface area (Å²) in [4.78, 5) is 50.1. The van der Waals surface area contributed by atoms with Crippen molar-refractivity contribution in [2.24, 2.45) is 7.05 Å². The minimum Gasteiger partial charge on any atom is -1.00 e. The lowest BCUT2D eigenvalue weighted by atomic mass is 10.1. The van der Waals surface area contributed by atoms with Crippen LogP contribution in [0.1, 0.15) is 400 Å². The number of halogens is 2. The Morgan fingerprint density at radius 2 is 0.640 bits per heavy atom. The van der Waals surface area contributed by atoms with Gasteiger partial charge in [-0.1, -0.05) is 295 Å². The molecule has 2 heterocycles. The fraction of sp³-hybridized carbons (Fsp3) is 0.750. The maximum absolute atomic E-state index is 12.7. The Kier molecular flexibility index (Phi) is 80.3. The number of aromatic nitrogens is 2. The van der Waals surface area contributed by atoms with Gasteiger partial charge in [0.15, 0.2) is 37.8 Å². The number of hydrogen-bond acceptors (Lipinski definition) is 8. The molecule has 0 saturated carbocycles. The number of carbonyl (C=O) groups excluding carboxylic acids is 4. The number of hydrogen-bond donors (Lipinski definition) is 0. The van der Waals surface area contributed by atoms with E-state index in [9.17, 15) is 19.2 Å². The summed E-state index contributed by atoms with van der Waals surface area (Å²) in [5, 5.41) is 0. The number of ether oxygens (including phenoxy) is 4. The van der Waals surface area contributed by atoms with Crippen LogP contribution < -0.4 is 38.7 Å². The summed E-state index contributed by atoms with van der Waals surface area (Å²) in [6.07, 6.45) is 89.8. The average molecular weight is 1440 g/mol. The summed E-state index contributed by atoms with van der Waals surface area (Å²) in [5.74, 6) is -0.338. The second-order valence-electron chi connectivity index (χ2n) is 27.8. The van der Waals surface area contributed by atoms with Crippen LogP contribution in [-0.2, 0) is 53.6 Å². The first-order valence-corrected chi connectivity index (χ1v) is 41.0. The molecular formula is C88H154Cl2N2O8. The third-order valence-electron chi connectivity index (χ3n) is 18.4. The van der Waals surface area contributed by atoms with Crippen molar-refractivity contribution in [3.05, 3.63) is 103 Å². The number of pyridine rings is 2. The van der Waals surface area contributed by atoms with Gasteiger partial charge in [0, 0.05) is 43.9 Å². The van der Waals surface area contributed by atoms with E-state index in [-0.39, 0.29) is 69.3 Å². The minimum atomic E-state index is -0.485. The van der Waals surface area contributed by atoms with E-state index in [1.165, 1.54) is 231 Å². The average Bonchev–Trinajstić information content (AvgIpc) is 0.859. The van der Waals surface area contributed by atoms with E-state index >= 15 is 0 Å². The number of carbonyl (C=O) groups is 4. The van der Waals surface area contributed by atoms with Gasteiger partial charge < -0.3 is 43.8 Å². The highest BCUT2D eigenvalue weighted by atomic mass is 35.5. The van der Waals surface area contributed by atoms with Gasteiger partial charge in [0.1, 0.15) is 13.7 Å². The highest BCUT2D eigenvalue weighted by molar-refractivity contribution is 5.72. The molecule has 0 N–H and O–H groups in total. The van der Waals surface area contributed by atoms with E-state index in [0.29, 0.717) is 43.7 Å². The maximum Gasteiger partial charge on any atom is 0.311 e. The van der Waals surface area contributed by atoms with Crippen LogP contribution in [0, 0.1) is 0 Å². The third kappa shape index (κ3) is 69.4. The van der Waals surface area contributed by atoms with Crippen molar-refractivity contribution in [2.75, 3.05) is 6.61 Å². The van der Waals surface area contributed by atoms with Crippen LogP contribution in [0.3, 0.4) is 0 Å². The molecule has 0 bridgehead atoms. The molecular weight excluding hydrogens is 1280 g/mol. The number of aryl methyl sites for hydroxylation is 1. The van der Waals surface area contributed by atoms with Crippen LogP contribution >= 0.6 is 0 Å². The number of esters is 4. The number of unbranched alkanes of at least 4 members (excludes halogenated alkanes) is 44. The van der Waals surface area contributed by atoms with Crippen LogP contribution in [-0.4, -0.2) is 36.6 Å². The molecule has 0 aliphatic carbocycles. The Labute approximate surface area is 628 Å². The Balaban J connectivity index is -0.00000183. The fourth-order valence-electron chi connectivity index (χ4n) is 12.1. The topological polar surface area (TPSA) is 113 Å². The lowest BCUT2D eigenvalue weighted by Gasteiger charge is -2.16. The molecule has 1 unspecified atom stereocenters. The quantitative estimate of drug-likeness (QED) is 0.0212. The first-order chi connectivity index (χ1) is 47.7. The SMILES string of the molecule is C.CCCCCCCC/C=C\CCCCCCCC(=O)OCC(C[n+]1ccccc1)OC(=O)CCCCCCC/C=C\CCCCCCCC.CCCCCCCC/C=C\CCCCCCCC(=O)OCc1c(OC(=O)CCCCCCC/C=C\CCCCCCCC)ccc[n+]1C.[Cl-].[Cl-]. The smallest absolute Gasteiger partial charge is 0.311 e. The summed E-state index contributed by atoms with van der Waals surface area (Å²) in [6.45, 7) is 9.74. The van der Waals surface area contributed by atoms with E-state index in [1.54, 1.807) is 6.07 Å². The Morgan fingerprint density at radius 3 is 0.980 bits per heavy atom. The number of nitrogens with zero attached hydrogens (tertiary/aromatic N) is 2. The Hall–Kier alpha value is -4.28. The molecule has 0 radical (unpaired) electrons. The Morgan fingerprint density at radius 1 is 0.350 bits per heavy atom. The van der Waals surface area contributed by atoms with Crippen LogP contribution in [0.25, 0.3) is 0 Å². The van der Waals surface area contributed by atoms with Crippen molar-refractivity contribution in [2.45, 2.75) is 414 Å². The van der Waals surface area contributed by atoms with Crippen molar-refractivity contribution >= 4 is 23.9 Å². The van der Waals surface area contributed by atoms with Gasteiger partial charge in [-0.05, 0) is 134 Å². The van der Waals surface area contributed by atoms with Crippen molar-refractivity contribution in [3.63, 3.8) is 0 Å². The zero-order chi connectivity index (χ0) is 70.1. The summed E-state index contributed by atoms with van der Waals surface area (Å²) in [7, 11) is 1.88. The molecule has 0 saturated heterocycles. The highest BCUT2D eigenvalue weighted by Gasteiger charge is 2.22. The largest absolute Gasteiger partial charge is 1.00 e. The summed E-state index contributed by atoms with van der Waals surface area (Å²) in [5.41, 5.74) is 0.702. The highest BCUT2D eigenvalue weighted by Crippen LogP contribution is 2.20. The van der Waals surface area contributed by atoms with Crippen LogP contribution in [0.15, 0.2) is 97.5 Å². The molecule has 0 aliphatic heterocycles. The van der Waals surface area contributed by atoms with Gasteiger partial charge in [0.2, 0.25) is 5.75 Å². The van der Waals surface area contributed by atoms with Crippen LogP contribution in [0.5, 0.6) is 5.75 Å². The standard InChI is InChI=1S/C44H76NO4.C43H74NO4.CH4.2ClH/c1-3-5-7-9-11-13-15-17-19-21-23-25-27-29-32-36-43(46)48-41-42(40-45-38-34-31-35-39-45)49-44(47)37-33-30-28-26-24-22-20-18-16-14-12-10-8-6-4-2;1-4-6-8-10-12-14-16-18-20-22-24-26-28-30-32-36-42(45)47-39-40-41(35-34-38-44(40)3)48-43(46)37-33-31-29-27-25-23-21-19-17-15-13-11-9-7-5-2;;;/h17-20,31,34-35,38-39,42H,3-16,21-30,32-33,36-37,40-41H2,1-2H3;18-21,34-35,38H,4-17,22-33,36-37,39H2,1-3H3;1H4;2*1H/q2*+1;;;/p-2/b19-17-,20-18-;20-18-,21-19-;;;. The second-order valence-corrected chi connectivity index (χ2v) is 27.8. The molecule has 1 atom stereocenters. The Bertz CT molecular complexity index is 2220. The first-order valence-electron chi connectivity index (χ1n) is 41.0. The normalized spacial score (nSPS) is 11.5. The predicted octanol–water partition coefficient (Wildman–Crippen LogP) is 19.7. The molecule has 12 heteroatoms. The lowest BCUT2D eigenvalue weighted by Crippen LogP contribution is -3.00. The fourth-order valence-corrected chi connectivity index (χ4v) is 12.1. The predicted molar refractivity (Wildman–Crippen MR) is 415 cm³/mol. The van der Waals surface area contributed by atoms with E-state index in [4.69, 9.17) is 18.9 Å². The lowest BCUT2D eigenvalue weighted by molar-refractivity contribution is -0.703. The molecule has 100 heavy (non-hydrogen) atoms. The van der Waals surface area contributed by atoms with Gasteiger partial charge in [0.05, 0.1) is 0 Å². The molecule has 0 aromatic carbocycles. The van der Waals surface area contributed by atoms with Gasteiger partial charge in [-0.2, -0.15) is 4.57 Å². The molecule has 0 fully saturated rings. The molecule has 2 aromatic rings. The first kappa shape index (κ1) is 99.9. The van der Waals surface area contributed by atoms with Gasteiger partial charge in [-0.15, -0.1) is 0 Å². The molecule has 2 aromatic heterocycles. The zero-order valence-electron chi connectivity index (χ0n) is 64.5. The minimum absolute atomic E-state index is 0. The monoisotopic (exact) mass is 1440 g/mol. The van der Waals surface area contributed by atoms with Crippen molar-refractivity contribution in [1.82, 2.24) is 0 Å². The van der Waals surface area contributed by atoms with Gasteiger partial charge >= 0.3 is 23.9 Å². The van der Waals surface area contributed by atoms with Crippen molar-refractivity contribution < 1.29 is 72.1 Å². The third-order valence-corrected chi connectivity index (χ3v) is 18.4. The van der Waals surface area contributed by atoms with E-state index in [2.05, 4.69) is 76.3 Å². The van der Waals surface area contributed by atoms with Crippen LogP contribution in [0.2, 0.25) is 0 Å². The second kappa shape index (κ2) is 80.4. The number of rotatable bonds is 68. The van der Waals surface area contributed by atoms with Crippen molar-refractivity contribution in [3.8, 4) is 5.75 Å². The summed E-state index contributed by atoms with van der Waals surface area (Å²) < 4.78 is 26.5. The number of allylic oxidation sites excluding steroid dienone is 8. The zero-order valence-corrected chi connectivity index (χ0v) is 66.0.